The second kappa shape index (κ2) is 2.47. The van der Waals surface area contributed by atoms with Gasteiger partial charge in [0.25, 0.3) is 0 Å². The molecule has 0 heterocycles. The van der Waals surface area contributed by atoms with E-state index >= 15 is 0 Å². The van der Waals surface area contributed by atoms with Crippen molar-refractivity contribution in [1.82, 2.24) is 0 Å². The van der Waals surface area contributed by atoms with Crippen molar-refractivity contribution in [3.8, 4) is 0 Å². The molecule has 0 amide bonds. The van der Waals surface area contributed by atoms with Crippen LogP contribution < -0.4 is 0 Å². The molecule has 0 bridgehead atoms. The summed E-state index contributed by atoms with van der Waals surface area (Å²) in [5, 5.41) is 0. The summed E-state index contributed by atoms with van der Waals surface area (Å²) in [4.78, 5) is 10.6. The van der Waals surface area contributed by atoms with Crippen molar-refractivity contribution in [3.63, 3.8) is 0 Å². The lowest BCUT2D eigenvalue weighted by Crippen LogP contribution is -2.21. The molecule has 3 heteroatoms. The largest absolute Gasteiger partial charge is 0.300 e. The van der Waals surface area contributed by atoms with Gasteiger partial charge in [0.1, 0.15) is 10.1 Å². The molecule has 0 aromatic carbocycles. The highest BCUT2D eigenvalue weighted by Gasteiger charge is 2.29. The van der Waals surface area contributed by atoms with Crippen molar-refractivity contribution >= 4 is 29.0 Å². The van der Waals surface area contributed by atoms with Crippen LogP contribution in [0, 0.1) is 0 Å². The molecule has 1 saturated carbocycles. The molecule has 0 unspecified atom stereocenters. The predicted molar refractivity (Wildman–Crippen MR) is 37.9 cm³/mol. The average molecular weight is 167 g/mol. The van der Waals surface area contributed by atoms with Crippen molar-refractivity contribution in [2.45, 2.75) is 30.0 Å². The summed E-state index contributed by atoms with van der Waals surface area (Å²) in [5.74, 6) is 0.284. The van der Waals surface area contributed by atoms with Crippen LogP contribution in [0.15, 0.2) is 0 Å². The molecule has 0 saturated heterocycles. The van der Waals surface area contributed by atoms with E-state index in [1.54, 1.807) is 0 Å². The monoisotopic (exact) mass is 166 g/mol. The fraction of sp³-hybridized carbons (Fsp3) is 0.833. The van der Waals surface area contributed by atoms with Gasteiger partial charge < -0.3 is 0 Å². The molecule has 0 spiro atoms. The lowest BCUT2D eigenvalue weighted by Gasteiger charge is -2.22. The summed E-state index contributed by atoms with van der Waals surface area (Å²) < 4.78 is -0.617. The van der Waals surface area contributed by atoms with Gasteiger partial charge in [-0.25, -0.2) is 0 Å². The normalized spacial score (nSPS) is 26.2. The van der Waals surface area contributed by atoms with E-state index in [0.29, 0.717) is 25.7 Å². The van der Waals surface area contributed by atoms with Crippen molar-refractivity contribution in [3.05, 3.63) is 0 Å². The van der Waals surface area contributed by atoms with Crippen LogP contribution in [0.4, 0.5) is 0 Å². The SMILES string of the molecule is O=C1CCC(Cl)(Cl)CC1. The fourth-order valence-corrected chi connectivity index (χ4v) is 1.27. The summed E-state index contributed by atoms with van der Waals surface area (Å²) in [7, 11) is 0. The van der Waals surface area contributed by atoms with Crippen molar-refractivity contribution in [2.24, 2.45) is 0 Å². The molecule has 1 aliphatic carbocycles. The number of ketones is 1. The van der Waals surface area contributed by atoms with E-state index in [2.05, 4.69) is 0 Å². The van der Waals surface area contributed by atoms with Crippen LogP contribution in [-0.2, 0) is 4.79 Å². The highest BCUT2D eigenvalue weighted by Crippen LogP contribution is 2.35. The van der Waals surface area contributed by atoms with Crippen LogP contribution in [0.2, 0.25) is 0 Å². The van der Waals surface area contributed by atoms with E-state index in [0.717, 1.165) is 0 Å². The van der Waals surface area contributed by atoms with Crippen LogP contribution in [0.5, 0.6) is 0 Å². The van der Waals surface area contributed by atoms with Gasteiger partial charge in [0, 0.05) is 12.8 Å². The molecule has 1 nitrogen and oxygen atoms in total. The van der Waals surface area contributed by atoms with Gasteiger partial charge in [0.05, 0.1) is 0 Å². The first-order chi connectivity index (χ1) is 4.10. The number of carbonyl (C=O) groups excluding carboxylic acids is 1. The van der Waals surface area contributed by atoms with Crippen LogP contribution >= 0.6 is 23.2 Å². The minimum Gasteiger partial charge on any atom is -0.300 e. The van der Waals surface area contributed by atoms with Gasteiger partial charge in [-0.3, -0.25) is 4.79 Å². The van der Waals surface area contributed by atoms with E-state index < -0.39 is 4.33 Å². The molecule has 1 aliphatic rings. The minimum atomic E-state index is -0.617. The minimum absolute atomic E-state index is 0.284. The third kappa shape index (κ3) is 2.15. The van der Waals surface area contributed by atoms with Crippen LogP contribution in [0.25, 0.3) is 0 Å². The summed E-state index contributed by atoms with van der Waals surface area (Å²) in [5.41, 5.74) is 0. The van der Waals surface area contributed by atoms with Crippen molar-refractivity contribution < 1.29 is 4.79 Å². The van der Waals surface area contributed by atoms with E-state index in [9.17, 15) is 4.79 Å². The van der Waals surface area contributed by atoms with Gasteiger partial charge >= 0.3 is 0 Å². The standard InChI is InChI=1S/C6H8Cl2O/c7-6(8)3-1-5(9)2-4-6/h1-4H2. The smallest absolute Gasteiger partial charge is 0.133 e. The second-order valence-electron chi connectivity index (χ2n) is 2.39. The summed E-state index contributed by atoms with van der Waals surface area (Å²) in [6.07, 6.45) is 2.34. The molecule has 1 fully saturated rings. The van der Waals surface area contributed by atoms with Gasteiger partial charge in [-0.2, -0.15) is 0 Å². The van der Waals surface area contributed by atoms with Crippen LogP contribution in [0.3, 0.4) is 0 Å². The maximum Gasteiger partial charge on any atom is 0.133 e. The molecule has 0 aromatic heterocycles. The molecule has 9 heavy (non-hydrogen) atoms. The Hall–Kier alpha value is 0.250. The van der Waals surface area contributed by atoms with Crippen LogP contribution in [0.1, 0.15) is 25.7 Å². The van der Waals surface area contributed by atoms with E-state index in [1.807, 2.05) is 0 Å². The highest BCUT2D eigenvalue weighted by atomic mass is 35.5. The van der Waals surface area contributed by atoms with Gasteiger partial charge in [-0.15, -0.1) is 23.2 Å². The summed E-state index contributed by atoms with van der Waals surface area (Å²) >= 11 is 11.5. The third-order valence-corrected chi connectivity index (χ3v) is 2.30. The van der Waals surface area contributed by atoms with Crippen molar-refractivity contribution in [1.29, 1.82) is 0 Å². The Labute approximate surface area is 64.3 Å². The number of Topliss-reactive ketones (excluding diaryl/α,β-unsaturated/α-hetero) is 1. The van der Waals surface area contributed by atoms with Crippen molar-refractivity contribution in [2.75, 3.05) is 0 Å². The zero-order chi connectivity index (χ0) is 6.91. The Balaban J connectivity index is 2.44. The Morgan fingerprint density at radius 2 is 1.67 bits per heavy atom. The lowest BCUT2D eigenvalue weighted by atomic mass is 9.98. The molecule has 0 N–H and O–H groups in total. The number of hydrogen-bond donors (Lipinski definition) is 0. The third-order valence-electron chi connectivity index (χ3n) is 1.54. The Morgan fingerprint density at radius 3 is 2.00 bits per heavy atom. The number of halogens is 2. The predicted octanol–water partition coefficient (Wildman–Crippen LogP) is 2.30. The maximum atomic E-state index is 10.6. The van der Waals surface area contributed by atoms with E-state index in [4.69, 9.17) is 23.2 Å². The number of carbonyl (C=O) groups is 1. The zero-order valence-corrected chi connectivity index (χ0v) is 6.50. The average Bonchev–Trinajstić information content (AvgIpc) is 1.78. The topological polar surface area (TPSA) is 17.1 Å². The molecule has 0 radical (unpaired) electrons. The second-order valence-corrected chi connectivity index (χ2v) is 4.04. The first kappa shape index (κ1) is 7.36. The lowest BCUT2D eigenvalue weighted by molar-refractivity contribution is -0.120. The Kier molecular flexibility index (Phi) is 2.02. The Morgan fingerprint density at radius 1 is 1.22 bits per heavy atom. The van der Waals surface area contributed by atoms with Crippen LogP contribution in [-0.4, -0.2) is 10.1 Å². The number of alkyl halides is 2. The van der Waals surface area contributed by atoms with Gasteiger partial charge in [0.15, 0.2) is 0 Å². The molecule has 1 rings (SSSR count). The zero-order valence-electron chi connectivity index (χ0n) is 4.99. The van der Waals surface area contributed by atoms with Gasteiger partial charge in [-0.1, -0.05) is 0 Å². The maximum absolute atomic E-state index is 10.6. The molecular formula is C6H8Cl2O. The first-order valence-electron chi connectivity index (χ1n) is 3.00. The van der Waals surface area contributed by atoms with E-state index in [1.165, 1.54) is 0 Å². The first-order valence-corrected chi connectivity index (χ1v) is 3.75. The molecule has 0 atom stereocenters. The fourth-order valence-electron chi connectivity index (χ4n) is 0.895. The molecule has 52 valence electrons. The molecular weight excluding hydrogens is 159 g/mol. The summed E-state index contributed by atoms with van der Waals surface area (Å²) in [6, 6.07) is 0. The molecule has 0 aromatic rings. The Bertz CT molecular complexity index is 119. The quantitative estimate of drug-likeness (QED) is 0.506. The summed E-state index contributed by atoms with van der Waals surface area (Å²) in [6.45, 7) is 0. The number of rotatable bonds is 0. The molecule has 0 aliphatic heterocycles. The number of hydrogen-bond acceptors (Lipinski definition) is 1. The van der Waals surface area contributed by atoms with Gasteiger partial charge in [-0.05, 0) is 12.8 Å². The van der Waals surface area contributed by atoms with E-state index in [-0.39, 0.29) is 5.78 Å². The highest BCUT2D eigenvalue weighted by molar-refractivity contribution is 6.48. The van der Waals surface area contributed by atoms with Gasteiger partial charge in [0.2, 0.25) is 0 Å².